The van der Waals surface area contributed by atoms with Gasteiger partial charge < -0.3 is 14.5 Å². The number of carbonyl (C=O) groups excluding carboxylic acids is 2. The van der Waals surface area contributed by atoms with Gasteiger partial charge in [0.15, 0.2) is 6.10 Å². The summed E-state index contributed by atoms with van der Waals surface area (Å²) >= 11 is 6.16. The fourth-order valence-corrected chi connectivity index (χ4v) is 5.44. The van der Waals surface area contributed by atoms with E-state index in [4.69, 9.17) is 20.8 Å². The first kappa shape index (κ1) is 23.3. The van der Waals surface area contributed by atoms with Gasteiger partial charge in [-0.05, 0) is 56.0 Å². The van der Waals surface area contributed by atoms with Crippen molar-refractivity contribution >= 4 is 33.5 Å². The molecule has 3 rings (SSSR count). The van der Waals surface area contributed by atoms with Gasteiger partial charge in [-0.15, -0.1) is 0 Å². The van der Waals surface area contributed by atoms with Crippen LogP contribution in [0, 0.1) is 5.92 Å². The van der Waals surface area contributed by atoms with E-state index >= 15 is 0 Å². The van der Waals surface area contributed by atoms with Crippen LogP contribution in [0.5, 0.6) is 0 Å². The van der Waals surface area contributed by atoms with Crippen molar-refractivity contribution in [1.29, 1.82) is 0 Å². The van der Waals surface area contributed by atoms with Gasteiger partial charge in [0.2, 0.25) is 10.0 Å². The predicted molar refractivity (Wildman–Crippen MR) is 114 cm³/mol. The number of carbonyl (C=O) groups is 2. The molecule has 0 saturated carbocycles. The van der Waals surface area contributed by atoms with Crippen molar-refractivity contribution in [2.24, 2.45) is 5.92 Å². The molecule has 1 aromatic carbocycles. The summed E-state index contributed by atoms with van der Waals surface area (Å²) in [5, 5.41) is 2.63. The van der Waals surface area contributed by atoms with E-state index in [1.807, 2.05) is 6.92 Å². The average Bonchev–Trinajstić information content (AvgIpc) is 3.25. The Hall–Kier alpha value is -2.36. The second-order valence-electron chi connectivity index (χ2n) is 7.60. The highest BCUT2D eigenvalue weighted by Gasteiger charge is 2.31. The molecule has 0 aliphatic carbocycles. The number of sulfonamides is 1. The van der Waals surface area contributed by atoms with Crippen molar-refractivity contribution in [3.8, 4) is 0 Å². The van der Waals surface area contributed by atoms with Crippen molar-refractivity contribution in [3.05, 3.63) is 52.9 Å². The molecule has 1 aliphatic heterocycles. The molecule has 2 atom stereocenters. The van der Waals surface area contributed by atoms with Crippen LogP contribution in [-0.2, 0) is 26.1 Å². The van der Waals surface area contributed by atoms with Crippen LogP contribution < -0.4 is 5.32 Å². The van der Waals surface area contributed by atoms with Crippen LogP contribution in [0.25, 0.3) is 0 Å². The SMILES string of the molecule is CC1CCCN(S(=O)(=O)c2cc(C(=O)OC(C)C(=O)NCc3ccco3)ccc2Cl)C1. The zero-order chi connectivity index (χ0) is 22.6. The minimum Gasteiger partial charge on any atom is -0.467 e. The number of ether oxygens (including phenoxy) is 1. The molecule has 1 aromatic heterocycles. The summed E-state index contributed by atoms with van der Waals surface area (Å²) in [6.07, 6.45) is 2.14. The van der Waals surface area contributed by atoms with Gasteiger partial charge in [0.1, 0.15) is 10.7 Å². The summed E-state index contributed by atoms with van der Waals surface area (Å²) in [6.45, 7) is 4.39. The van der Waals surface area contributed by atoms with E-state index in [2.05, 4.69) is 5.32 Å². The monoisotopic (exact) mass is 468 g/mol. The summed E-state index contributed by atoms with van der Waals surface area (Å²) in [7, 11) is -3.86. The third-order valence-corrected chi connectivity index (χ3v) is 7.42. The lowest BCUT2D eigenvalue weighted by Crippen LogP contribution is -2.39. The maximum atomic E-state index is 13.1. The van der Waals surface area contributed by atoms with Gasteiger partial charge in [0.25, 0.3) is 5.91 Å². The van der Waals surface area contributed by atoms with Crippen LogP contribution in [0.2, 0.25) is 5.02 Å². The summed E-state index contributed by atoms with van der Waals surface area (Å²) < 4.78 is 37.9. The Morgan fingerprint density at radius 3 is 2.81 bits per heavy atom. The van der Waals surface area contributed by atoms with Crippen LogP contribution in [0.4, 0.5) is 0 Å². The van der Waals surface area contributed by atoms with E-state index in [0.29, 0.717) is 18.8 Å². The van der Waals surface area contributed by atoms with E-state index in [9.17, 15) is 18.0 Å². The molecule has 10 heteroatoms. The molecule has 168 valence electrons. The van der Waals surface area contributed by atoms with Crippen molar-refractivity contribution in [2.75, 3.05) is 13.1 Å². The quantitative estimate of drug-likeness (QED) is 0.625. The fourth-order valence-electron chi connectivity index (χ4n) is 3.34. The number of rotatable bonds is 7. The number of hydrogen-bond donors (Lipinski definition) is 1. The molecule has 1 fully saturated rings. The zero-order valence-corrected chi connectivity index (χ0v) is 18.9. The van der Waals surface area contributed by atoms with Crippen LogP contribution in [0.3, 0.4) is 0 Å². The van der Waals surface area contributed by atoms with E-state index < -0.39 is 28.0 Å². The van der Waals surface area contributed by atoms with Gasteiger partial charge in [0.05, 0.1) is 23.4 Å². The first-order chi connectivity index (χ1) is 14.7. The molecule has 1 N–H and O–H groups in total. The maximum absolute atomic E-state index is 13.1. The number of piperidine rings is 1. The Balaban J connectivity index is 1.69. The average molecular weight is 469 g/mol. The summed E-state index contributed by atoms with van der Waals surface area (Å²) in [5.74, 6) is -0.517. The minimum absolute atomic E-state index is 0.00119. The van der Waals surface area contributed by atoms with Gasteiger partial charge in [-0.2, -0.15) is 4.31 Å². The minimum atomic E-state index is -3.86. The van der Waals surface area contributed by atoms with Gasteiger partial charge in [0, 0.05) is 13.1 Å². The molecule has 0 radical (unpaired) electrons. The number of furan rings is 1. The summed E-state index contributed by atoms with van der Waals surface area (Å²) in [4.78, 5) is 24.6. The predicted octanol–water partition coefficient (Wildman–Crippen LogP) is 3.22. The molecular formula is C21H25ClN2O6S. The van der Waals surface area contributed by atoms with Crippen LogP contribution in [0.1, 0.15) is 42.8 Å². The van der Waals surface area contributed by atoms with Crippen LogP contribution >= 0.6 is 11.6 Å². The smallest absolute Gasteiger partial charge is 0.338 e. The molecule has 0 bridgehead atoms. The van der Waals surface area contributed by atoms with Crippen molar-refractivity contribution in [3.63, 3.8) is 0 Å². The highest BCUT2D eigenvalue weighted by molar-refractivity contribution is 7.89. The lowest BCUT2D eigenvalue weighted by atomic mass is 10.0. The Morgan fingerprint density at radius 1 is 1.35 bits per heavy atom. The van der Waals surface area contributed by atoms with Crippen molar-refractivity contribution in [1.82, 2.24) is 9.62 Å². The second kappa shape index (κ2) is 9.84. The molecular weight excluding hydrogens is 444 g/mol. The standard InChI is InChI=1S/C21H25ClN2O6S/c1-14-5-3-9-24(13-14)31(27,28)19-11-16(7-8-18(19)22)21(26)30-15(2)20(25)23-12-17-6-4-10-29-17/h4,6-8,10-11,14-15H,3,5,9,12-13H2,1-2H3,(H,23,25). The third kappa shape index (κ3) is 5.66. The third-order valence-electron chi connectivity index (χ3n) is 5.07. The second-order valence-corrected chi connectivity index (χ2v) is 9.91. The van der Waals surface area contributed by atoms with Crippen molar-refractivity contribution < 1.29 is 27.2 Å². The molecule has 1 aliphatic rings. The first-order valence-corrected chi connectivity index (χ1v) is 11.8. The van der Waals surface area contributed by atoms with E-state index in [-0.39, 0.29) is 27.9 Å². The molecule has 1 amide bonds. The van der Waals surface area contributed by atoms with Crippen LogP contribution in [0.15, 0.2) is 45.9 Å². The Bertz CT molecular complexity index is 1040. The largest absolute Gasteiger partial charge is 0.467 e. The lowest BCUT2D eigenvalue weighted by Gasteiger charge is -2.30. The lowest BCUT2D eigenvalue weighted by molar-refractivity contribution is -0.129. The highest BCUT2D eigenvalue weighted by Crippen LogP contribution is 2.29. The Kier molecular flexibility index (Phi) is 7.40. The van der Waals surface area contributed by atoms with Crippen molar-refractivity contribution in [2.45, 2.75) is 44.2 Å². The maximum Gasteiger partial charge on any atom is 0.338 e. The number of hydrogen-bond acceptors (Lipinski definition) is 6. The van der Waals surface area contributed by atoms with Gasteiger partial charge in [-0.3, -0.25) is 4.79 Å². The van der Waals surface area contributed by atoms with Gasteiger partial charge in [-0.1, -0.05) is 18.5 Å². The van der Waals surface area contributed by atoms with Gasteiger partial charge in [-0.25, -0.2) is 13.2 Å². The number of nitrogens with one attached hydrogen (secondary N) is 1. The Morgan fingerprint density at radius 2 is 2.13 bits per heavy atom. The van der Waals surface area contributed by atoms with Gasteiger partial charge >= 0.3 is 5.97 Å². The zero-order valence-electron chi connectivity index (χ0n) is 17.3. The Labute approximate surface area is 186 Å². The molecule has 0 spiro atoms. The molecule has 8 nitrogen and oxygen atoms in total. The number of nitrogens with zero attached hydrogens (tertiary/aromatic N) is 1. The number of esters is 1. The number of benzene rings is 1. The highest BCUT2D eigenvalue weighted by atomic mass is 35.5. The molecule has 2 unspecified atom stereocenters. The normalized spacial score (nSPS) is 18.4. The molecule has 31 heavy (non-hydrogen) atoms. The molecule has 1 saturated heterocycles. The van der Waals surface area contributed by atoms with E-state index in [0.717, 1.165) is 12.8 Å². The van der Waals surface area contributed by atoms with Crippen LogP contribution in [-0.4, -0.2) is 43.8 Å². The molecule has 2 heterocycles. The summed E-state index contributed by atoms with van der Waals surface area (Å²) in [5.41, 5.74) is -0.00119. The van der Waals surface area contributed by atoms with E-state index in [1.165, 1.54) is 35.7 Å². The number of amides is 1. The summed E-state index contributed by atoms with van der Waals surface area (Å²) in [6, 6.07) is 7.32. The molecule has 2 aromatic rings. The number of halogens is 1. The topological polar surface area (TPSA) is 106 Å². The fraction of sp³-hybridized carbons (Fsp3) is 0.429. The van der Waals surface area contributed by atoms with E-state index in [1.54, 1.807) is 12.1 Å². The first-order valence-electron chi connectivity index (χ1n) is 9.99.